The lowest BCUT2D eigenvalue weighted by atomic mass is 9.91. The van der Waals surface area contributed by atoms with Gasteiger partial charge in [-0.3, -0.25) is 4.79 Å². The van der Waals surface area contributed by atoms with Crippen LogP contribution in [0.3, 0.4) is 0 Å². The highest BCUT2D eigenvalue weighted by Crippen LogP contribution is 2.25. The summed E-state index contributed by atoms with van der Waals surface area (Å²) < 4.78 is 27.9. The number of ketones is 1. The maximum Gasteiger partial charge on any atom is 0.190 e. The van der Waals surface area contributed by atoms with Crippen LogP contribution in [-0.2, 0) is 0 Å². The normalized spacial score (nSPS) is 11.7. The van der Waals surface area contributed by atoms with Gasteiger partial charge < -0.3 is 0 Å². The molecule has 0 aliphatic rings. The Morgan fingerprint density at radius 1 is 1.15 bits per heavy atom. The summed E-state index contributed by atoms with van der Waals surface area (Å²) in [5, 5.41) is 9.15. The van der Waals surface area contributed by atoms with Gasteiger partial charge in [-0.15, -0.1) is 0 Å². The van der Waals surface area contributed by atoms with Crippen molar-refractivity contribution in [2.24, 2.45) is 0 Å². The Morgan fingerprint density at radius 3 is 2.30 bits per heavy atom. The van der Waals surface area contributed by atoms with Crippen LogP contribution in [0.25, 0.3) is 0 Å². The van der Waals surface area contributed by atoms with E-state index in [0.29, 0.717) is 10.0 Å². The second-order valence-corrected chi connectivity index (χ2v) is 4.99. The zero-order valence-corrected chi connectivity index (χ0v) is 11.7. The van der Waals surface area contributed by atoms with E-state index in [2.05, 4.69) is 15.9 Å². The Kier molecular flexibility index (Phi) is 4.26. The van der Waals surface area contributed by atoms with Gasteiger partial charge in [0.1, 0.15) is 17.6 Å². The van der Waals surface area contributed by atoms with Crippen molar-refractivity contribution in [3.8, 4) is 6.07 Å². The zero-order chi connectivity index (χ0) is 14.7. The van der Waals surface area contributed by atoms with Crippen LogP contribution in [0.1, 0.15) is 21.8 Å². The molecule has 20 heavy (non-hydrogen) atoms. The van der Waals surface area contributed by atoms with Crippen LogP contribution in [0.15, 0.2) is 46.9 Å². The molecule has 2 aromatic rings. The molecule has 0 aromatic heterocycles. The van der Waals surface area contributed by atoms with Gasteiger partial charge in [-0.2, -0.15) is 5.26 Å². The van der Waals surface area contributed by atoms with Crippen LogP contribution >= 0.6 is 15.9 Å². The van der Waals surface area contributed by atoms with E-state index in [0.717, 1.165) is 12.1 Å². The van der Waals surface area contributed by atoms with E-state index in [1.165, 1.54) is 6.07 Å². The number of carbonyl (C=O) groups is 1. The van der Waals surface area contributed by atoms with Crippen molar-refractivity contribution in [3.63, 3.8) is 0 Å². The van der Waals surface area contributed by atoms with Crippen LogP contribution in [-0.4, -0.2) is 5.78 Å². The lowest BCUT2D eigenvalue weighted by molar-refractivity contribution is 0.0970. The van der Waals surface area contributed by atoms with Gasteiger partial charge in [-0.1, -0.05) is 34.1 Å². The smallest absolute Gasteiger partial charge is 0.190 e. The van der Waals surface area contributed by atoms with Crippen LogP contribution in [0.2, 0.25) is 0 Å². The summed E-state index contributed by atoms with van der Waals surface area (Å²) in [5.41, 5.74) is -0.298. The average molecular weight is 336 g/mol. The molecule has 0 fully saturated rings. The van der Waals surface area contributed by atoms with Crippen LogP contribution in [0, 0.1) is 23.0 Å². The molecule has 100 valence electrons. The molecule has 0 aliphatic heterocycles. The molecule has 2 nitrogen and oxygen atoms in total. The number of carbonyl (C=O) groups excluding carboxylic acids is 1. The summed E-state index contributed by atoms with van der Waals surface area (Å²) in [7, 11) is 0. The summed E-state index contributed by atoms with van der Waals surface area (Å²) >= 11 is 3.23. The highest BCUT2D eigenvalue weighted by Gasteiger charge is 2.27. The minimum Gasteiger partial charge on any atom is -0.292 e. The lowest BCUT2D eigenvalue weighted by Gasteiger charge is -2.10. The van der Waals surface area contributed by atoms with Gasteiger partial charge in [-0.25, -0.2) is 8.78 Å². The van der Waals surface area contributed by atoms with E-state index >= 15 is 0 Å². The predicted molar refractivity (Wildman–Crippen MR) is 73.2 cm³/mol. The molecule has 1 atom stereocenters. The van der Waals surface area contributed by atoms with E-state index in [1.807, 2.05) is 0 Å². The quantitative estimate of drug-likeness (QED) is 0.788. The van der Waals surface area contributed by atoms with E-state index in [-0.39, 0.29) is 0 Å². The monoisotopic (exact) mass is 335 g/mol. The first-order valence-electron chi connectivity index (χ1n) is 5.68. The SMILES string of the molecule is N#CC(C(=O)c1c(F)cccc1F)c1cccc(Br)c1. The molecule has 5 heteroatoms. The first-order chi connectivity index (χ1) is 9.54. The molecule has 0 radical (unpaired) electrons. The van der Waals surface area contributed by atoms with Crippen molar-refractivity contribution in [1.82, 2.24) is 0 Å². The maximum atomic E-state index is 13.6. The molecule has 0 aliphatic carbocycles. The van der Waals surface area contributed by atoms with Gasteiger partial charge >= 0.3 is 0 Å². The number of rotatable bonds is 3. The summed E-state index contributed by atoms with van der Waals surface area (Å²) in [6, 6.07) is 11.5. The van der Waals surface area contributed by atoms with Crippen molar-refractivity contribution in [2.45, 2.75) is 5.92 Å². The van der Waals surface area contributed by atoms with Crippen molar-refractivity contribution >= 4 is 21.7 Å². The molecule has 2 rings (SSSR count). The van der Waals surface area contributed by atoms with Gasteiger partial charge in [0.05, 0.1) is 11.6 Å². The average Bonchev–Trinajstić information content (AvgIpc) is 2.39. The Labute approximate surface area is 122 Å². The predicted octanol–water partition coefficient (Wildman–Crippen LogP) is 4.22. The molecule has 0 heterocycles. The van der Waals surface area contributed by atoms with Gasteiger partial charge in [0.15, 0.2) is 5.78 Å². The first-order valence-corrected chi connectivity index (χ1v) is 6.47. The second kappa shape index (κ2) is 5.93. The largest absolute Gasteiger partial charge is 0.292 e. The molecular weight excluding hydrogens is 328 g/mol. The third-order valence-electron chi connectivity index (χ3n) is 2.78. The summed E-state index contributed by atoms with van der Waals surface area (Å²) in [5.74, 6) is -4.07. The fraction of sp³-hybridized carbons (Fsp3) is 0.0667. The van der Waals surface area contributed by atoms with Crippen molar-refractivity contribution < 1.29 is 13.6 Å². The third kappa shape index (κ3) is 2.75. The van der Waals surface area contributed by atoms with Crippen molar-refractivity contribution in [3.05, 3.63) is 69.7 Å². The second-order valence-electron chi connectivity index (χ2n) is 4.08. The highest BCUT2D eigenvalue weighted by atomic mass is 79.9. The molecule has 0 bridgehead atoms. The number of hydrogen-bond acceptors (Lipinski definition) is 2. The van der Waals surface area contributed by atoms with Crippen LogP contribution in [0.5, 0.6) is 0 Å². The molecule has 2 aromatic carbocycles. The fourth-order valence-corrected chi connectivity index (χ4v) is 2.27. The molecule has 0 spiro atoms. The number of nitrogens with zero attached hydrogens (tertiary/aromatic N) is 1. The van der Waals surface area contributed by atoms with Gasteiger partial charge in [0.25, 0.3) is 0 Å². The van der Waals surface area contributed by atoms with E-state index in [1.54, 1.807) is 30.3 Å². The van der Waals surface area contributed by atoms with Crippen molar-refractivity contribution in [1.29, 1.82) is 5.26 Å². The number of hydrogen-bond donors (Lipinski definition) is 0. The Bertz CT molecular complexity index is 689. The van der Waals surface area contributed by atoms with Crippen LogP contribution < -0.4 is 0 Å². The number of nitriles is 1. The Hall–Kier alpha value is -2.06. The molecule has 0 saturated heterocycles. The van der Waals surface area contributed by atoms with E-state index < -0.39 is 28.9 Å². The molecule has 0 amide bonds. The zero-order valence-electron chi connectivity index (χ0n) is 10.1. The molecule has 1 unspecified atom stereocenters. The fourth-order valence-electron chi connectivity index (χ4n) is 1.85. The molecular formula is C15H8BrF2NO. The Morgan fingerprint density at radius 2 is 1.75 bits per heavy atom. The summed E-state index contributed by atoms with van der Waals surface area (Å²) in [6.45, 7) is 0. The van der Waals surface area contributed by atoms with Gasteiger partial charge in [0.2, 0.25) is 0 Å². The minimum absolute atomic E-state index is 0.384. The number of halogens is 3. The third-order valence-corrected chi connectivity index (χ3v) is 3.28. The van der Waals surface area contributed by atoms with Gasteiger partial charge in [0, 0.05) is 4.47 Å². The van der Waals surface area contributed by atoms with E-state index in [4.69, 9.17) is 5.26 Å². The number of benzene rings is 2. The topological polar surface area (TPSA) is 40.9 Å². The Balaban J connectivity index is 2.48. The first kappa shape index (κ1) is 14.4. The standard InChI is InChI=1S/C15H8BrF2NO/c16-10-4-1-3-9(7-10)11(8-19)15(20)14-12(17)5-2-6-13(14)18/h1-7,11H. The van der Waals surface area contributed by atoms with Gasteiger partial charge in [-0.05, 0) is 29.8 Å². The van der Waals surface area contributed by atoms with Crippen LogP contribution in [0.4, 0.5) is 8.78 Å². The number of Topliss-reactive ketones (excluding diaryl/α,β-unsaturated/α-hetero) is 1. The lowest BCUT2D eigenvalue weighted by Crippen LogP contribution is -2.15. The van der Waals surface area contributed by atoms with E-state index in [9.17, 15) is 13.6 Å². The van der Waals surface area contributed by atoms with Crippen molar-refractivity contribution in [2.75, 3.05) is 0 Å². The molecule has 0 saturated carbocycles. The summed E-state index contributed by atoms with van der Waals surface area (Å²) in [4.78, 5) is 12.2. The minimum atomic E-state index is -1.25. The maximum absolute atomic E-state index is 13.6. The highest BCUT2D eigenvalue weighted by molar-refractivity contribution is 9.10. The molecule has 0 N–H and O–H groups in total. The summed E-state index contributed by atoms with van der Waals surface area (Å²) in [6.07, 6.45) is 0.